The van der Waals surface area contributed by atoms with Crippen LogP contribution in [0.3, 0.4) is 0 Å². The highest BCUT2D eigenvalue weighted by molar-refractivity contribution is 7.80. The first kappa shape index (κ1) is 20.2. The lowest BCUT2D eigenvalue weighted by atomic mass is 9.91. The van der Waals surface area contributed by atoms with Crippen LogP contribution in [0.1, 0.15) is 17.2 Å². The Morgan fingerprint density at radius 1 is 0.903 bits per heavy atom. The molecule has 1 unspecified atom stereocenters. The van der Waals surface area contributed by atoms with Crippen LogP contribution >= 0.6 is 12.2 Å². The van der Waals surface area contributed by atoms with Gasteiger partial charge in [-0.2, -0.15) is 0 Å². The fraction of sp³-hybridized carbons (Fsp3) is 0.0435. The monoisotopic (exact) mass is 430 g/mol. The first-order valence-corrected chi connectivity index (χ1v) is 9.86. The minimum atomic E-state index is -0.629. The molecular formula is C23H18N4O3S. The van der Waals surface area contributed by atoms with E-state index in [2.05, 4.69) is 10.6 Å². The standard InChI is InChI=1S/C23H18N4O3S/c24-22(28)19-20(16-8-6-15(7-9-16)14-4-2-1-3-5-14)25-23(31)26-21(19)17-10-12-18(13-11-17)27(29)30/h1-13,21H,(H2,24,28)(H2,25,26,31). The maximum absolute atomic E-state index is 12.4. The molecule has 0 aliphatic carbocycles. The molecule has 0 saturated heterocycles. The molecule has 0 radical (unpaired) electrons. The second kappa shape index (κ2) is 8.37. The quantitative estimate of drug-likeness (QED) is 0.324. The van der Waals surface area contributed by atoms with E-state index in [1.807, 2.05) is 54.6 Å². The summed E-state index contributed by atoms with van der Waals surface area (Å²) in [5.74, 6) is -0.618. The van der Waals surface area contributed by atoms with Crippen LogP contribution in [0.4, 0.5) is 5.69 Å². The van der Waals surface area contributed by atoms with Gasteiger partial charge in [0.2, 0.25) is 5.91 Å². The number of carbonyl (C=O) groups excluding carboxylic acids is 1. The number of thiocarbonyl (C=S) groups is 1. The lowest BCUT2D eigenvalue weighted by Crippen LogP contribution is -2.46. The predicted molar refractivity (Wildman–Crippen MR) is 123 cm³/mol. The summed E-state index contributed by atoms with van der Waals surface area (Å²) in [4.78, 5) is 22.9. The fourth-order valence-electron chi connectivity index (χ4n) is 3.56. The smallest absolute Gasteiger partial charge is 0.269 e. The molecular weight excluding hydrogens is 412 g/mol. The molecule has 1 heterocycles. The van der Waals surface area contributed by atoms with Gasteiger partial charge < -0.3 is 16.4 Å². The van der Waals surface area contributed by atoms with Gasteiger partial charge in [-0.1, -0.05) is 54.6 Å². The number of hydrogen-bond acceptors (Lipinski definition) is 4. The third-order valence-corrected chi connectivity index (χ3v) is 5.28. The number of carbonyl (C=O) groups is 1. The number of non-ortho nitro benzene ring substituents is 1. The van der Waals surface area contributed by atoms with E-state index in [-0.39, 0.29) is 5.69 Å². The molecule has 1 amide bonds. The minimum Gasteiger partial charge on any atom is -0.366 e. The SMILES string of the molecule is NC(=O)C1=C(c2ccc(-c3ccccc3)cc2)NC(=S)NC1c1ccc([N+](=O)[O-])cc1. The van der Waals surface area contributed by atoms with Crippen molar-refractivity contribution in [2.45, 2.75) is 6.04 Å². The van der Waals surface area contributed by atoms with E-state index in [0.717, 1.165) is 16.7 Å². The summed E-state index contributed by atoms with van der Waals surface area (Å²) < 4.78 is 0. The van der Waals surface area contributed by atoms with Crippen molar-refractivity contribution in [1.82, 2.24) is 10.6 Å². The van der Waals surface area contributed by atoms with E-state index >= 15 is 0 Å². The molecule has 0 bridgehead atoms. The Hall–Kier alpha value is -4.04. The molecule has 0 saturated carbocycles. The van der Waals surface area contributed by atoms with Crippen molar-refractivity contribution < 1.29 is 9.72 Å². The number of nitro benzene ring substituents is 1. The van der Waals surface area contributed by atoms with E-state index in [1.165, 1.54) is 12.1 Å². The summed E-state index contributed by atoms with van der Waals surface area (Å²) in [5, 5.41) is 17.4. The van der Waals surface area contributed by atoms with Crippen LogP contribution in [-0.2, 0) is 4.79 Å². The van der Waals surface area contributed by atoms with Gasteiger partial charge in [-0.25, -0.2) is 0 Å². The summed E-state index contributed by atoms with van der Waals surface area (Å²) in [6.45, 7) is 0. The highest BCUT2D eigenvalue weighted by Crippen LogP contribution is 2.32. The van der Waals surface area contributed by atoms with Crippen LogP contribution in [0.25, 0.3) is 16.8 Å². The van der Waals surface area contributed by atoms with Crippen molar-refractivity contribution in [2.24, 2.45) is 5.73 Å². The average Bonchev–Trinajstić information content (AvgIpc) is 2.79. The number of hydrogen-bond donors (Lipinski definition) is 3. The molecule has 31 heavy (non-hydrogen) atoms. The van der Waals surface area contributed by atoms with E-state index in [4.69, 9.17) is 18.0 Å². The molecule has 0 aromatic heterocycles. The van der Waals surface area contributed by atoms with Crippen molar-refractivity contribution in [3.8, 4) is 11.1 Å². The van der Waals surface area contributed by atoms with E-state index in [1.54, 1.807) is 12.1 Å². The van der Waals surface area contributed by atoms with Crippen molar-refractivity contribution in [3.63, 3.8) is 0 Å². The minimum absolute atomic E-state index is 0.0402. The van der Waals surface area contributed by atoms with Crippen LogP contribution in [0.5, 0.6) is 0 Å². The predicted octanol–water partition coefficient (Wildman–Crippen LogP) is 3.68. The van der Waals surface area contributed by atoms with Crippen LogP contribution in [0.15, 0.2) is 84.4 Å². The molecule has 1 aliphatic rings. The van der Waals surface area contributed by atoms with Gasteiger partial charge in [0.05, 0.1) is 22.2 Å². The van der Waals surface area contributed by atoms with Crippen LogP contribution in [-0.4, -0.2) is 15.9 Å². The highest BCUT2D eigenvalue weighted by Gasteiger charge is 2.31. The molecule has 1 aliphatic heterocycles. The largest absolute Gasteiger partial charge is 0.366 e. The Labute approximate surface area is 183 Å². The lowest BCUT2D eigenvalue weighted by molar-refractivity contribution is -0.384. The van der Waals surface area contributed by atoms with Crippen molar-refractivity contribution in [2.75, 3.05) is 0 Å². The normalized spacial score (nSPS) is 15.7. The van der Waals surface area contributed by atoms with Crippen molar-refractivity contribution in [3.05, 3.63) is 106 Å². The molecule has 0 fully saturated rings. The number of benzene rings is 3. The van der Waals surface area contributed by atoms with Gasteiger partial charge in [-0.3, -0.25) is 14.9 Å². The maximum atomic E-state index is 12.4. The Morgan fingerprint density at radius 3 is 2.06 bits per heavy atom. The van der Waals surface area contributed by atoms with Crippen LogP contribution in [0, 0.1) is 10.1 Å². The molecule has 7 nitrogen and oxygen atoms in total. The number of nitrogens with one attached hydrogen (secondary N) is 2. The first-order valence-electron chi connectivity index (χ1n) is 9.46. The zero-order valence-corrected chi connectivity index (χ0v) is 17.1. The van der Waals surface area contributed by atoms with Gasteiger partial charge in [0.15, 0.2) is 5.11 Å². The number of nitrogens with zero attached hydrogens (tertiary/aromatic N) is 1. The molecule has 3 aromatic carbocycles. The zero-order chi connectivity index (χ0) is 22.0. The number of nitro groups is 1. The van der Waals surface area contributed by atoms with Crippen LogP contribution < -0.4 is 16.4 Å². The van der Waals surface area contributed by atoms with Gasteiger partial charge in [-0.05, 0) is 46.6 Å². The van der Waals surface area contributed by atoms with E-state index in [0.29, 0.717) is 21.9 Å². The first-order chi connectivity index (χ1) is 14.9. The molecule has 4 rings (SSSR count). The Kier molecular flexibility index (Phi) is 5.46. The maximum Gasteiger partial charge on any atom is 0.269 e. The molecule has 3 aromatic rings. The fourth-order valence-corrected chi connectivity index (χ4v) is 3.78. The Morgan fingerprint density at radius 2 is 1.48 bits per heavy atom. The van der Waals surface area contributed by atoms with Gasteiger partial charge in [-0.15, -0.1) is 0 Å². The van der Waals surface area contributed by atoms with E-state index in [9.17, 15) is 14.9 Å². The Balaban J connectivity index is 1.76. The zero-order valence-electron chi connectivity index (χ0n) is 16.2. The van der Waals surface area contributed by atoms with Crippen molar-refractivity contribution >= 4 is 34.6 Å². The number of rotatable bonds is 5. The van der Waals surface area contributed by atoms with Gasteiger partial charge in [0.1, 0.15) is 0 Å². The average molecular weight is 430 g/mol. The molecule has 0 spiro atoms. The molecule has 8 heteroatoms. The summed E-state index contributed by atoms with van der Waals surface area (Å²) in [6, 6.07) is 23.0. The van der Waals surface area contributed by atoms with E-state index < -0.39 is 16.9 Å². The number of nitrogens with two attached hydrogens (primary N) is 1. The van der Waals surface area contributed by atoms with Gasteiger partial charge >= 0.3 is 0 Å². The number of primary amides is 1. The molecule has 4 N–H and O–H groups in total. The second-order valence-corrected chi connectivity index (χ2v) is 7.38. The summed E-state index contributed by atoms with van der Waals surface area (Å²) in [6.07, 6.45) is 0. The third kappa shape index (κ3) is 4.15. The molecule has 1 atom stereocenters. The second-order valence-electron chi connectivity index (χ2n) is 6.98. The van der Waals surface area contributed by atoms with Crippen LogP contribution in [0.2, 0.25) is 0 Å². The van der Waals surface area contributed by atoms with Gasteiger partial charge in [0.25, 0.3) is 5.69 Å². The molecule has 154 valence electrons. The summed E-state index contributed by atoms with van der Waals surface area (Å²) in [5.41, 5.74) is 10.0. The van der Waals surface area contributed by atoms with Gasteiger partial charge in [0, 0.05) is 12.1 Å². The topological polar surface area (TPSA) is 110 Å². The Bertz CT molecular complexity index is 1190. The summed E-state index contributed by atoms with van der Waals surface area (Å²) >= 11 is 5.35. The summed E-state index contributed by atoms with van der Waals surface area (Å²) in [7, 11) is 0. The lowest BCUT2D eigenvalue weighted by Gasteiger charge is -2.31. The highest BCUT2D eigenvalue weighted by atomic mass is 32.1. The third-order valence-electron chi connectivity index (χ3n) is 5.06. The van der Waals surface area contributed by atoms with Crippen molar-refractivity contribution in [1.29, 1.82) is 0 Å². The number of amides is 1.